The van der Waals surface area contributed by atoms with Crippen LogP contribution < -0.4 is 0 Å². The number of aromatic amines is 1. The number of aryl methyl sites for hydroxylation is 1. The van der Waals surface area contributed by atoms with Gasteiger partial charge in [0.05, 0.1) is 11.0 Å². The molecule has 0 spiro atoms. The predicted molar refractivity (Wildman–Crippen MR) is 78.4 cm³/mol. The summed E-state index contributed by atoms with van der Waals surface area (Å²) in [5.74, 6) is 0.711. The number of fused-ring (bicyclic) bond motifs is 1. The zero-order valence-corrected chi connectivity index (χ0v) is 12.6. The fraction of sp³-hybridized carbons (Fsp3) is 0.364. The highest BCUT2D eigenvalue weighted by Crippen LogP contribution is 2.20. The predicted octanol–water partition coefficient (Wildman–Crippen LogP) is 3.23. The molecule has 92 valence electrons. The zero-order valence-electron chi connectivity index (χ0n) is 9.40. The molecule has 3 nitrogen and oxygen atoms in total. The van der Waals surface area contributed by atoms with Gasteiger partial charge in [-0.15, -0.1) is 0 Å². The van der Waals surface area contributed by atoms with E-state index in [1.165, 1.54) is 0 Å². The van der Waals surface area contributed by atoms with Gasteiger partial charge < -0.3 is 9.55 Å². The standard InChI is InChI=1S/C11H13BrN2OS2/c1-17(15)6-2-5-14-10-7-8(12)3-4-9(10)13-11(14)16/h3-4,7H,2,5-6H2,1H3,(H,13,16). The highest BCUT2D eigenvalue weighted by atomic mass is 79.9. The van der Waals surface area contributed by atoms with Gasteiger partial charge in [0, 0.05) is 33.8 Å². The molecule has 1 heterocycles. The summed E-state index contributed by atoms with van der Waals surface area (Å²) >= 11 is 8.75. The summed E-state index contributed by atoms with van der Waals surface area (Å²) in [6.45, 7) is 0.800. The van der Waals surface area contributed by atoms with Crippen molar-refractivity contribution in [2.24, 2.45) is 0 Å². The molecule has 1 aromatic heterocycles. The molecule has 0 amide bonds. The first-order chi connectivity index (χ1) is 8.08. The fourth-order valence-electron chi connectivity index (χ4n) is 1.77. The molecule has 1 atom stereocenters. The lowest BCUT2D eigenvalue weighted by molar-refractivity contribution is 0.665. The Balaban J connectivity index is 2.32. The summed E-state index contributed by atoms with van der Waals surface area (Å²) in [5, 5.41) is 0. The number of halogens is 1. The minimum Gasteiger partial charge on any atom is -0.331 e. The van der Waals surface area contributed by atoms with E-state index in [4.69, 9.17) is 12.2 Å². The Labute approximate surface area is 116 Å². The highest BCUT2D eigenvalue weighted by Gasteiger charge is 2.04. The molecule has 2 aromatic rings. The van der Waals surface area contributed by atoms with Gasteiger partial charge in [-0.1, -0.05) is 15.9 Å². The largest absolute Gasteiger partial charge is 0.331 e. The van der Waals surface area contributed by atoms with E-state index in [1.807, 2.05) is 18.2 Å². The van der Waals surface area contributed by atoms with Crippen molar-refractivity contribution in [2.45, 2.75) is 13.0 Å². The van der Waals surface area contributed by atoms with Gasteiger partial charge in [-0.2, -0.15) is 0 Å². The zero-order chi connectivity index (χ0) is 12.4. The Hall–Kier alpha value is -0.460. The van der Waals surface area contributed by atoms with Crippen LogP contribution in [-0.4, -0.2) is 25.8 Å². The average Bonchev–Trinajstić information content (AvgIpc) is 2.55. The summed E-state index contributed by atoms with van der Waals surface area (Å²) in [6.07, 6.45) is 2.60. The van der Waals surface area contributed by atoms with E-state index in [9.17, 15) is 4.21 Å². The maximum atomic E-state index is 11.0. The molecular weight excluding hydrogens is 320 g/mol. The van der Waals surface area contributed by atoms with Crippen LogP contribution in [0.15, 0.2) is 22.7 Å². The molecule has 6 heteroatoms. The van der Waals surface area contributed by atoms with Crippen LogP contribution in [0.4, 0.5) is 0 Å². The number of hydrogen-bond acceptors (Lipinski definition) is 2. The molecule has 0 bridgehead atoms. The lowest BCUT2D eigenvalue weighted by Crippen LogP contribution is -2.03. The van der Waals surface area contributed by atoms with Crippen LogP contribution >= 0.6 is 28.1 Å². The Kier molecular flexibility index (Phi) is 4.17. The van der Waals surface area contributed by atoms with E-state index in [2.05, 4.69) is 25.5 Å². The summed E-state index contributed by atoms with van der Waals surface area (Å²) in [5.41, 5.74) is 2.13. The quantitative estimate of drug-likeness (QED) is 0.873. The molecule has 0 aliphatic carbocycles. The first kappa shape index (κ1) is 13.0. The van der Waals surface area contributed by atoms with Crippen molar-refractivity contribution in [2.75, 3.05) is 12.0 Å². The molecule has 0 saturated heterocycles. The van der Waals surface area contributed by atoms with Crippen LogP contribution in [0.5, 0.6) is 0 Å². The molecule has 0 aliphatic rings. The Morgan fingerprint density at radius 2 is 2.29 bits per heavy atom. The van der Waals surface area contributed by atoms with E-state index in [1.54, 1.807) is 6.26 Å². The molecule has 2 rings (SSSR count). The number of nitrogens with one attached hydrogen (secondary N) is 1. The maximum Gasteiger partial charge on any atom is 0.178 e. The Bertz CT molecular complexity index is 617. The number of nitrogens with zero attached hydrogens (tertiary/aromatic N) is 1. The van der Waals surface area contributed by atoms with Crippen molar-refractivity contribution < 1.29 is 4.21 Å². The summed E-state index contributed by atoms with van der Waals surface area (Å²) in [7, 11) is -0.739. The van der Waals surface area contributed by atoms with Gasteiger partial charge in [-0.25, -0.2) is 0 Å². The second-order valence-corrected chi connectivity index (χ2v) is 6.73. The molecule has 1 N–H and O–H groups in total. The van der Waals surface area contributed by atoms with Crippen molar-refractivity contribution in [3.05, 3.63) is 27.4 Å². The second-order valence-electron chi connectivity index (χ2n) is 3.87. The van der Waals surface area contributed by atoms with E-state index in [-0.39, 0.29) is 0 Å². The van der Waals surface area contributed by atoms with Crippen LogP contribution in [0.3, 0.4) is 0 Å². The molecule has 0 fully saturated rings. The molecule has 17 heavy (non-hydrogen) atoms. The van der Waals surface area contributed by atoms with E-state index in [0.717, 1.165) is 33.2 Å². The number of H-pyrrole nitrogens is 1. The van der Waals surface area contributed by atoms with Crippen molar-refractivity contribution in [3.8, 4) is 0 Å². The first-order valence-electron chi connectivity index (χ1n) is 5.26. The summed E-state index contributed by atoms with van der Waals surface area (Å²) in [4.78, 5) is 3.17. The highest BCUT2D eigenvalue weighted by molar-refractivity contribution is 9.10. The van der Waals surface area contributed by atoms with Crippen LogP contribution in [0.25, 0.3) is 11.0 Å². The van der Waals surface area contributed by atoms with Gasteiger partial charge in [-0.3, -0.25) is 4.21 Å². The third-order valence-corrected chi connectivity index (χ3v) is 4.23. The minimum atomic E-state index is -0.739. The van der Waals surface area contributed by atoms with E-state index >= 15 is 0 Å². The van der Waals surface area contributed by atoms with Gasteiger partial charge in [0.25, 0.3) is 0 Å². The normalized spacial score (nSPS) is 13.1. The second kappa shape index (κ2) is 5.46. The maximum absolute atomic E-state index is 11.0. The topological polar surface area (TPSA) is 37.8 Å². The lowest BCUT2D eigenvalue weighted by Gasteiger charge is -2.03. The third kappa shape index (κ3) is 3.05. The number of benzene rings is 1. The van der Waals surface area contributed by atoms with E-state index in [0.29, 0.717) is 5.75 Å². The first-order valence-corrected chi connectivity index (χ1v) is 8.19. The van der Waals surface area contributed by atoms with Gasteiger partial charge in [0.15, 0.2) is 4.77 Å². The van der Waals surface area contributed by atoms with Gasteiger partial charge in [0.2, 0.25) is 0 Å². The van der Waals surface area contributed by atoms with Crippen molar-refractivity contribution in [1.82, 2.24) is 9.55 Å². The summed E-state index contributed by atoms with van der Waals surface area (Å²) in [6, 6.07) is 6.03. The summed E-state index contributed by atoms with van der Waals surface area (Å²) < 4.78 is 14.8. The van der Waals surface area contributed by atoms with Crippen molar-refractivity contribution >= 4 is 50.0 Å². The van der Waals surface area contributed by atoms with Gasteiger partial charge >= 0.3 is 0 Å². The average molecular weight is 333 g/mol. The smallest absolute Gasteiger partial charge is 0.178 e. The number of hydrogen-bond donors (Lipinski definition) is 1. The molecule has 1 unspecified atom stereocenters. The molecule has 0 saturated carbocycles. The van der Waals surface area contributed by atoms with Gasteiger partial charge in [0.1, 0.15) is 0 Å². The molecule has 0 radical (unpaired) electrons. The van der Waals surface area contributed by atoms with Crippen LogP contribution in [0, 0.1) is 4.77 Å². The number of imidazole rings is 1. The van der Waals surface area contributed by atoms with Crippen molar-refractivity contribution in [3.63, 3.8) is 0 Å². The van der Waals surface area contributed by atoms with Crippen LogP contribution in [0.1, 0.15) is 6.42 Å². The molecular formula is C11H13BrN2OS2. The molecule has 0 aliphatic heterocycles. The molecule has 1 aromatic carbocycles. The van der Waals surface area contributed by atoms with Crippen LogP contribution in [0.2, 0.25) is 0 Å². The SMILES string of the molecule is CS(=O)CCCn1c(=S)[nH]c2ccc(Br)cc21. The lowest BCUT2D eigenvalue weighted by atomic mass is 10.3. The van der Waals surface area contributed by atoms with Gasteiger partial charge in [-0.05, 0) is 36.8 Å². The third-order valence-electron chi connectivity index (χ3n) is 2.55. The van der Waals surface area contributed by atoms with Crippen molar-refractivity contribution in [1.29, 1.82) is 0 Å². The Morgan fingerprint density at radius 3 is 3.00 bits per heavy atom. The fourth-order valence-corrected chi connectivity index (χ4v) is 2.96. The van der Waals surface area contributed by atoms with Crippen LogP contribution in [-0.2, 0) is 17.3 Å². The minimum absolute atomic E-state index is 0.711. The number of rotatable bonds is 4. The Morgan fingerprint density at radius 1 is 1.53 bits per heavy atom. The van der Waals surface area contributed by atoms with E-state index < -0.39 is 10.8 Å². The monoisotopic (exact) mass is 332 g/mol. The number of aromatic nitrogens is 2.